The van der Waals surface area contributed by atoms with E-state index in [1.807, 2.05) is 30.1 Å². The number of carbonyl (C=O) groups excluding carboxylic acids is 1. The van der Waals surface area contributed by atoms with Crippen molar-refractivity contribution in [3.63, 3.8) is 0 Å². The molecule has 2 fully saturated rings. The highest BCUT2D eigenvalue weighted by Crippen LogP contribution is 2.24. The van der Waals surface area contributed by atoms with Crippen molar-refractivity contribution in [2.75, 3.05) is 51.9 Å². The Balaban J connectivity index is 1.48. The van der Waals surface area contributed by atoms with Crippen LogP contribution in [0.4, 0.5) is 5.82 Å². The molecule has 1 unspecified atom stereocenters. The molecule has 1 atom stereocenters. The molecule has 0 aromatic carbocycles. The average molecular weight is 333 g/mol. The minimum absolute atomic E-state index is 0.0658. The van der Waals surface area contributed by atoms with E-state index < -0.39 is 0 Å². The molecular weight excluding hydrogens is 306 g/mol. The maximum Gasteiger partial charge on any atom is 0.227 e. The van der Waals surface area contributed by atoms with E-state index in [1.54, 1.807) is 7.11 Å². The number of piperidine rings is 1. The van der Waals surface area contributed by atoms with Gasteiger partial charge in [-0.1, -0.05) is 6.07 Å². The first-order chi connectivity index (χ1) is 11.7. The van der Waals surface area contributed by atoms with E-state index in [0.29, 0.717) is 18.4 Å². The third kappa shape index (κ3) is 3.98. The van der Waals surface area contributed by atoms with Gasteiger partial charge < -0.3 is 19.3 Å². The average Bonchev–Trinajstić information content (AvgIpc) is 3.16. The third-order valence-electron chi connectivity index (χ3n) is 5.04. The molecule has 1 aromatic heterocycles. The van der Waals surface area contributed by atoms with E-state index in [0.717, 1.165) is 51.3 Å². The summed E-state index contributed by atoms with van der Waals surface area (Å²) >= 11 is 0. The second-order valence-electron chi connectivity index (χ2n) is 6.75. The van der Waals surface area contributed by atoms with Gasteiger partial charge >= 0.3 is 0 Å². The predicted molar refractivity (Wildman–Crippen MR) is 92.3 cm³/mol. The van der Waals surface area contributed by atoms with Crippen LogP contribution in [0.15, 0.2) is 18.2 Å². The first kappa shape index (κ1) is 17.0. The van der Waals surface area contributed by atoms with Gasteiger partial charge in [-0.25, -0.2) is 0 Å². The van der Waals surface area contributed by atoms with Crippen LogP contribution in [0, 0.1) is 11.8 Å². The summed E-state index contributed by atoms with van der Waals surface area (Å²) in [5.74, 6) is 2.49. The number of hydrogen-bond donors (Lipinski definition) is 0. The molecule has 3 heterocycles. The van der Waals surface area contributed by atoms with Crippen molar-refractivity contribution < 1.29 is 14.3 Å². The second kappa shape index (κ2) is 7.83. The molecule has 2 aliphatic rings. The zero-order valence-electron chi connectivity index (χ0n) is 14.6. The Kier molecular flexibility index (Phi) is 5.56. The highest BCUT2D eigenvalue weighted by Gasteiger charge is 2.28. The Morgan fingerprint density at radius 2 is 2.17 bits per heavy atom. The lowest BCUT2D eigenvalue weighted by Crippen LogP contribution is -2.41. The number of nitrogens with zero attached hydrogens (tertiary/aromatic N) is 3. The van der Waals surface area contributed by atoms with Gasteiger partial charge in [0.15, 0.2) is 0 Å². The predicted octanol–water partition coefficient (Wildman–Crippen LogP) is 1.80. The first-order valence-corrected chi connectivity index (χ1v) is 8.76. The van der Waals surface area contributed by atoms with Crippen LogP contribution in [0.5, 0.6) is 5.88 Å². The van der Waals surface area contributed by atoms with Crippen LogP contribution in [-0.2, 0) is 9.53 Å². The van der Waals surface area contributed by atoms with E-state index in [1.165, 1.54) is 0 Å². The number of methoxy groups -OCH3 is 1. The number of aromatic nitrogens is 1. The topological polar surface area (TPSA) is 54.9 Å². The number of ether oxygens (including phenoxy) is 2. The number of amides is 1. The fourth-order valence-corrected chi connectivity index (χ4v) is 3.56. The van der Waals surface area contributed by atoms with Crippen LogP contribution in [0.2, 0.25) is 0 Å². The Hall–Kier alpha value is -1.82. The van der Waals surface area contributed by atoms with E-state index in [4.69, 9.17) is 9.47 Å². The zero-order valence-corrected chi connectivity index (χ0v) is 14.6. The Bertz CT molecular complexity index is 552. The van der Waals surface area contributed by atoms with E-state index in [9.17, 15) is 4.79 Å². The molecule has 6 nitrogen and oxygen atoms in total. The van der Waals surface area contributed by atoms with Gasteiger partial charge in [0.1, 0.15) is 5.82 Å². The lowest BCUT2D eigenvalue weighted by molar-refractivity contribution is -0.134. The Labute approximate surface area is 143 Å². The summed E-state index contributed by atoms with van der Waals surface area (Å²) in [6, 6.07) is 5.87. The van der Waals surface area contributed by atoms with Gasteiger partial charge in [-0.2, -0.15) is 4.98 Å². The van der Waals surface area contributed by atoms with Gasteiger partial charge in [0.2, 0.25) is 11.8 Å². The minimum Gasteiger partial charge on any atom is -0.481 e. The van der Waals surface area contributed by atoms with Crippen molar-refractivity contribution in [1.82, 2.24) is 9.88 Å². The van der Waals surface area contributed by atoms with Crippen LogP contribution in [-0.4, -0.2) is 62.8 Å². The summed E-state index contributed by atoms with van der Waals surface area (Å²) in [5, 5.41) is 0. The number of carbonyl (C=O) groups is 1. The maximum atomic E-state index is 12.4. The Morgan fingerprint density at radius 3 is 2.83 bits per heavy atom. The summed E-state index contributed by atoms with van der Waals surface area (Å²) in [6.07, 6.45) is 3.03. The molecule has 24 heavy (non-hydrogen) atoms. The summed E-state index contributed by atoms with van der Waals surface area (Å²) in [7, 11) is 3.57. The van der Waals surface area contributed by atoms with Gasteiger partial charge in [-0.15, -0.1) is 0 Å². The lowest BCUT2D eigenvalue weighted by Gasteiger charge is -2.35. The van der Waals surface area contributed by atoms with Crippen molar-refractivity contribution in [3.8, 4) is 5.88 Å². The smallest absolute Gasteiger partial charge is 0.227 e. The van der Waals surface area contributed by atoms with E-state index in [2.05, 4.69) is 9.88 Å². The first-order valence-electron chi connectivity index (χ1n) is 8.76. The molecular formula is C18H27N3O3. The minimum atomic E-state index is 0.0658. The normalized spacial score (nSPS) is 21.8. The molecule has 2 aliphatic heterocycles. The molecule has 6 heteroatoms. The molecule has 1 amide bonds. The van der Waals surface area contributed by atoms with Crippen LogP contribution >= 0.6 is 0 Å². The SMILES string of the molecule is COc1cccc(N2CCC(CN(C)C(=O)C3CCOC3)CC2)n1. The van der Waals surface area contributed by atoms with Crippen LogP contribution in [0.3, 0.4) is 0 Å². The maximum absolute atomic E-state index is 12.4. The highest BCUT2D eigenvalue weighted by atomic mass is 16.5. The van der Waals surface area contributed by atoms with Gasteiger partial charge in [0.25, 0.3) is 0 Å². The molecule has 0 saturated carbocycles. The second-order valence-corrected chi connectivity index (χ2v) is 6.75. The molecule has 0 bridgehead atoms. The molecule has 3 rings (SSSR count). The van der Waals surface area contributed by atoms with Crippen molar-refractivity contribution in [2.45, 2.75) is 19.3 Å². The number of hydrogen-bond acceptors (Lipinski definition) is 5. The molecule has 0 radical (unpaired) electrons. The van der Waals surface area contributed by atoms with Crippen molar-refractivity contribution in [3.05, 3.63) is 18.2 Å². The molecule has 0 N–H and O–H groups in total. The summed E-state index contributed by atoms with van der Waals surface area (Å²) in [4.78, 5) is 21.1. The van der Waals surface area contributed by atoms with Gasteiger partial charge in [0, 0.05) is 39.4 Å². The van der Waals surface area contributed by atoms with Crippen molar-refractivity contribution in [1.29, 1.82) is 0 Å². The molecule has 0 spiro atoms. The fourth-order valence-electron chi connectivity index (χ4n) is 3.56. The summed E-state index contributed by atoms with van der Waals surface area (Å²) in [5.41, 5.74) is 0. The van der Waals surface area contributed by atoms with Gasteiger partial charge in [-0.3, -0.25) is 4.79 Å². The molecule has 0 aliphatic carbocycles. The standard InChI is InChI=1S/C18H27N3O3/c1-20(18(22)15-8-11-24-13-15)12-14-6-9-21(10-7-14)16-4-3-5-17(19-16)23-2/h3-5,14-15H,6-13H2,1-2H3. The Morgan fingerprint density at radius 1 is 1.38 bits per heavy atom. The molecule has 132 valence electrons. The van der Waals surface area contributed by atoms with Gasteiger partial charge in [-0.05, 0) is 31.2 Å². The zero-order chi connectivity index (χ0) is 16.9. The number of pyridine rings is 1. The third-order valence-corrected chi connectivity index (χ3v) is 5.04. The van der Waals surface area contributed by atoms with Crippen LogP contribution < -0.4 is 9.64 Å². The highest BCUT2D eigenvalue weighted by molar-refractivity contribution is 5.78. The number of anilines is 1. The molecule has 1 aromatic rings. The van der Waals surface area contributed by atoms with Crippen LogP contribution in [0.25, 0.3) is 0 Å². The lowest BCUT2D eigenvalue weighted by atomic mass is 9.95. The summed E-state index contributed by atoms with van der Waals surface area (Å²) in [6.45, 7) is 4.09. The number of rotatable bonds is 5. The quantitative estimate of drug-likeness (QED) is 0.822. The van der Waals surface area contributed by atoms with Crippen molar-refractivity contribution >= 4 is 11.7 Å². The largest absolute Gasteiger partial charge is 0.481 e. The molecule has 2 saturated heterocycles. The van der Waals surface area contributed by atoms with Crippen molar-refractivity contribution in [2.24, 2.45) is 11.8 Å². The summed E-state index contributed by atoms with van der Waals surface area (Å²) < 4.78 is 10.5. The van der Waals surface area contributed by atoms with Gasteiger partial charge in [0.05, 0.1) is 19.6 Å². The van der Waals surface area contributed by atoms with E-state index >= 15 is 0 Å². The fraction of sp³-hybridized carbons (Fsp3) is 0.667. The van der Waals surface area contributed by atoms with Crippen LogP contribution in [0.1, 0.15) is 19.3 Å². The van der Waals surface area contributed by atoms with E-state index in [-0.39, 0.29) is 11.8 Å². The monoisotopic (exact) mass is 333 g/mol.